The number of nitrogens with zero attached hydrogens (tertiary/aromatic N) is 3. The van der Waals surface area contributed by atoms with Crippen molar-refractivity contribution >= 4 is 21.9 Å². The van der Waals surface area contributed by atoms with Crippen molar-refractivity contribution < 1.29 is 4.74 Å². The van der Waals surface area contributed by atoms with E-state index in [4.69, 9.17) is 4.74 Å². The molecule has 5 nitrogen and oxygen atoms in total. The fourth-order valence-electron chi connectivity index (χ4n) is 2.33. The van der Waals surface area contributed by atoms with E-state index in [2.05, 4.69) is 43.0 Å². The quantitative estimate of drug-likeness (QED) is 0.902. The predicted molar refractivity (Wildman–Crippen MR) is 75.0 cm³/mol. The van der Waals surface area contributed by atoms with Gasteiger partial charge in [-0.15, -0.1) is 0 Å². The Hall–Kier alpha value is -0.880. The zero-order valence-electron chi connectivity index (χ0n) is 10.8. The zero-order valence-corrected chi connectivity index (χ0v) is 12.4. The molecule has 1 aromatic heterocycles. The molecule has 1 saturated heterocycles. The molecule has 2 heterocycles. The first-order valence-electron chi connectivity index (χ1n) is 6.29. The van der Waals surface area contributed by atoms with Crippen molar-refractivity contribution in [3.8, 4) is 5.88 Å². The second-order valence-corrected chi connectivity index (χ2v) is 5.21. The average molecular weight is 315 g/mol. The van der Waals surface area contributed by atoms with E-state index in [0.29, 0.717) is 17.9 Å². The molecule has 1 aromatic rings. The summed E-state index contributed by atoms with van der Waals surface area (Å²) >= 11 is 3.34. The van der Waals surface area contributed by atoms with Crippen molar-refractivity contribution in [2.24, 2.45) is 0 Å². The smallest absolute Gasteiger partial charge is 0.232 e. The van der Waals surface area contributed by atoms with E-state index in [1.807, 2.05) is 0 Å². The minimum absolute atomic E-state index is 0.561. The molecule has 18 heavy (non-hydrogen) atoms. The summed E-state index contributed by atoms with van der Waals surface area (Å²) in [6.45, 7) is 5.40. The van der Waals surface area contributed by atoms with Crippen LogP contribution in [0.3, 0.4) is 0 Å². The predicted octanol–water partition coefficient (Wildman–Crippen LogP) is 2.14. The van der Waals surface area contributed by atoms with Gasteiger partial charge in [0.05, 0.1) is 17.8 Å². The van der Waals surface area contributed by atoms with Crippen molar-refractivity contribution in [3.05, 3.63) is 10.7 Å². The Labute approximate surface area is 116 Å². The fraction of sp³-hybridized carbons (Fsp3) is 0.667. The third-order valence-electron chi connectivity index (χ3n) is 3.31. The van der Waals surface area contributed by atoms with Gasteiger partial charge in [0.2, 0.25) is 11.8 Å². The van der Waals surface area contributed by atoms with E-state index in [0.717, 1.165) is 17.6 Å². The molecule has 1 unspecified atom stereocenters. The molecule has 100 valence electrons. The SMILES string of the molecule is CCN1CCCC1CNc1ncc(Br)c(OC)n1. The topological polar surface area (TPSA) is 50.3 Å². The Morgan fingerprint density at radius 3 is 3.17 bits per heavy atom. The molecular weight excluding hydrogens is 296 g/mol. The normalized spacial score (nSPS) is 20.1. The zero-order chi connectivity index (χ0) is 13.0. The third-order valence-corrected chi connectivity index (χ3v) is 3.85. The molecule has 0 aromatic carbocycles. The highest BCUT2D eigenvalue weighted by molar-refractivity contribution is 9.10. The number of nitrogens with one attached hydrogen (secondary N) is 1. The number of likely N-dealkylation sites (tertiary alicyclic amines) is 1. The standard InChI is InChI=1S/C12H19BrN4O/c1-3-17-6-4-5-9(17)7-14-12-15-8-10(13)11(16-12)18-2/h8-9H,3-7H2,1-2H3,(H,14,15,16). The molecule has 0 bridgehead atoms. The van der Waals surface area contributed by atoms with E-state index in [-0.39, 0.29) is 0 Å². The summed E-state index contributed by atoms with van der Waals surface area (Å²) < 4.78 is 5.92. The molecule has 1 atom stereocenters. The maximum Gasteiger partial charge on any atom is 0.232 e. The Kier molecular flexibility index (Phi) is 4.77. The van der Waals surface area contributed by atoms with Crippen molar-refractivity contribution in [1.82, 2.24) is 14.9 Å². The first kappa shape index (κ1) is 13.5. The number of methoxy groups -OCH3 is 1. The largest absolute Gasteiger partial charge is 0.480 e. The minimum atomic E-state index is 0.561. The lowest BCUT2D eigenvalue weighted by Gasteiger charge is -2.22. The van der Waals surface area contributed by atoms with Crippen molar-refractivity contribution in [2.75, 3.05) is 32.1 Å². The van der Waals surface area contributed by atoms with Crippen LogP contribution in [0.25, 0.3) is 0 Å². The summed E-state index contributed by atoms with van der Waals surface area (Å²) in [7, 11) is 1.60. The second-order valence-electron chi connectivity index (χ2n) is 4.36. The number of rotatable bonds is 5. The summed E-state index contributed by atoms with van der Waals surface area (Å²) in [5, 5.41) is 3.29. The van der Waals surface area contributed by atoms with Gasteiger partial charge >= 0.3 is 0 Å². The molecule has 0 aliphatic carbocycles. The number of anilines is 1. The van der Waals surface area contributed by atoms with Gasteiger partial charge in [0.1, 0.15) is 0 Å². The molecule has 0 radical (unpaired) electrons. The Balaban J connectivity index is 1.93. The summed E-state index contributed by atoms with van der Waals surface area (Å²) in [5.41, 5.74) is 0. The van der Waals surface area contributed by atoms with E-state index in [9.17, 15) is 0 Å². The number of hydrogen-bond donors (Lipinski definition) is 1. The molecule has 1 N–H and O–H groups in total. The first-order valence-corrected chi connectivity index (χ1v) is 7.08. The summed E-state index contributed by atoms with van der Waals surface area (Å²) in [4.78, 5) is 11.0. The van der Waals surface area contributed by atoms with Crippen molar-refractivity contribution in [2.45, 2.75) is 25.8 Å². The lowest BCUT2D eigenvalue weighted by molar-refractivity contribution is 0.276. The number of aromatic nitrogens is 2. The van der Waals surface area contributed by atoms with Gasteiger partial charge in [-0.05, 0) is 41.9 Å². The van der Waals surface area contributed by atoms with Crippen LogP contribution < -0.4 is 10.1 Å². The first-order chi connectivity index (χ1) is 8.74. The highest BCUT2D eigenvalue weighted by Crippen LogP contribution is 2.22. The summed E-state index contributed by atoms with van der Waals surface area (Å²) in [6.07, 6.45) is 4.24. The summed E-state index contributed by atoms with van der Waals surface area (Å²) in [5.74, 6) is 1.18. The number of hydrogen-bond acceptors (Lipinski definition) is 5. The molecular formula is C12H19BrN4O. The Morgan fingerprint density at radius 1 is 1.61 bits per heavy atom. The van der Waals surface area contributed by atoms with Crippen LogP contribution in [0.15, 0.2) is 10.7 Å². The molecule has 1 aliphatic rings. The Morgan fingerprint density at radius 2 is 2.44 bits per heavy atom. The van der Waals surface area contributed by atoms with Crippen LogP contribution >= 0.6 is 15.9 Å². The highest BCUT2D eigenvalue weighted by Gasteiger charge is 2.22. The number of ether oxygens (including phenoxy) is 1. The molecule has 1 fully saturated rings. The van der Waals surface area contributed by atoms with Gasteiger partial charge in [-0.1, -0.05) is 6.92 Å². The van der Waals surface area contributed by atoms with Crippen LogP contribution in [0, 0.1) is 0 Å². The second kappa shape index (κ2) is 6.33. The third kappa shape index (κ3) is 3.11. The van der Waals surface area contributed by atoms with Crippen LogP contribution in [0.1, 0.15) is 19.8 Å². The molecule has 0 amide bonds. The van der Waals surface area contributed by atoms with E-state index >= 15 is 0 Å². The highest BCUT2D eigenvalue weighted by atomic mass is 79.9. The van der Waals surface area contributed by atoms with E-state index in [1.165, 1.54) is 19.4 Å². The van der Waals surface area contributed by atoms with Crippen LogP contribution in [0.4, 0.5) is 5.95 Å². The molecule has 2 rings (SSSR count). The minimum Gasteiger partial charge on any atom is -0.480 e. The van der Waals surface area contributed by atoms with Gasteiger partial charge in [0.15, 0.2) is 0 Å². The number of likely N-dealkylation sites (N-methyl/N-ethyl adjacent to an activating group) is 1. The van der Waals surface area contributed by atoms with Crippen molar-refractivity contribution in [1.29, 1.82) is 0 Å². The lowest BCUT2D eigenvalue weighted by Crippen LogP contribution is -2.34. The fourth-order valence-corrected chi connectivity index (χ4v) is 2.68. The van der Waals surface area contributed by atoms with E-state index in [1.54, 1.807) is 13.3 Å². The molecule has 0 saturated carbocycles. The van der Waals surface area contributed by atoms with Crippen LogP contribution in [-0.2, 0) is 0 Å². The maximum absolute atomic E-state index is 5.15. The van der Waals surface area contributed by atoms with Crippen LogP contribution in [0.5, 0.6) is 5.88 Å². The van der Waals surface area contributed by atoms with E-state index < -0.39 is 0 Å². The van der Waals surface area contributed by atoms with Crippen LogP contribution in [-0.4, -0.2) is 47.7 Å². The molecule has 1 aliphatic heterocycles. The van der Waals surface area contributed by atoms with Gasteiger partial charge < -0.3 is 10.1 Å². The lowest BCUT2D eigenvalue weighted by atomic mass is 10.2. The monoisotopic (exact) mass is 314 g/mol. The van der Waals surface area contributed by atoms with Crippen LogP contribution in [0.2, 0.25) is 0 Å². The maximum atomic E-state index is 5.15. The van der Waals surface area contributed by atoms with Gasteiger partial charge in [0, 0.05) is 12.6 Å². The van der Waals surface area contributed by atoms with Gasteiger partial charge in [-0.3, -0.25) is 4.90 Å². The van der Waals surface area contributed by atoms with Gasteiger partial charge in [-0.25, -0.2) is 4.98 Å². The van der Waals surface area contributed by atoms with Gasteiger partial charge in [0.25, 0.3) is 0 Å². The van der Waals surface area contributed by atoms with Crippen molar-refractivity contribution in [3.63, 3.8) is 0 Å². The number of halogens is 1. The summed E-state index contributed by atoms with van der Waals surface area (Å²) in [6, 6.07) is 0.591. The average Bonchev–Trinajstić information content (AvgIpc) is 2.85. The Bertz CT molecular complexity index is 402. The molecule has 6 heteroatoms. The van der Waals surface area contributed by atoms with Gasteiger partial charge in [-0.2, -0.15) is 4.98 Å². The molecule has 0 spiro atoms.